The van der Waals surface area contributed by atoms with Crippen molar-refractivity contribution in [1.29, 1.82) is 0 Å². The van der Waals surface area contributed by atoms with Gasteiger partial charge in [-0.05, 0) is 23.8 Å². The Morgan fingerprint density at radius 3 is 2.50 bits per heavy atom. The first-order valence-electron chi connectivity index (χ1n) is 5.54. The number of hydrogen-bond donors (Lipinski definition) is 2. The van der Waals surface area contributed by atoms with Gasteiger partial charge < -0.3 is 11.1 Å². The van der Waals surface area contributed by atoms with Crippen molar-refractivity contribution in [2.24, 2.45) is 5.73 Å². The molecular weight excluding hydrogens is 248 g/mol. The molecule has 3 N–H and O–H groups in total. The van der Waals surface area contributed by atoms with Gasteiger partial charge in [-0.15, -0.1) is 0 Å². The molecule has 1 amide bonds. The highest BCUT2D eigenvalue weighted by atomic mass is 35.5. The van der Waals surface area contributed by atoms with Crippen LogP contribution < -0.4 is 11.1 Å². The molecule has 0 heterocycles. The van der Waals surface area contributed by atoms with Gasteiger partial charge in [-0.25, -0.2) is 0 Å². The van der Waals surface area contributed by atoms with Gasteiger partial charge in [-0.2, -0.15) is 0 Å². The second-order valence-electron chi connectivity index (χ2n) is 3.90. The summed E-state index contributed by atoms with van der Waals surface area (Å²) in [4.78, 5) is 11.0. The molecule has 0 aliphatic rings. The van der Waals surface area contributed by atoms with Gasteiger partial charge in [0.05, 0.1) is 10.6 Å². The number of hydrogen-bond acceptors (Lipinski definition) is 2. The number of nitrogens with one attached hydrogen (secondary N) is 1. The van der Waals surface area contributed by atoms with E-state index in [-0.39, 0.29) is 0 Å². The summed E-state index contributed by atoms with van der Waals surface area (Å²) in [5.74, 6) is -0.519. The summed E-state index contributed by atoms with van der Waals surface area (Å²) < 4.78 is 0. The molecule has 0 fully saturated rings. The van der Waals surface area contributed by atoms with Crippen LogP contribution in [0.2, 0.25) is 5.02 Å². The van der Waals surface area contributed by atoms with Crippen LogP contribution in [0.3, 0.4) is 0 Å². The highest BCUT2D eigenvalue weighted by Gasteiger charge is 2.06. The number of carbonyl (C=O) groups is 1. The molecule has 2 rings (SSSR count). The van der Waals surface area contributed by atoms with Crippen molar-refractivity contribution in [2.75, 3.05) is 5.32 Å². The van der Waals surface area contributed by atoms with Crippen LogP contribution >= 0.6 is 11.6 Å². The van der Waals surface area contributed by atoms with Crippen LogP contribution in [0, 0.1) is 0 Å². The van der Waals surface area contributed by atoms with E-state index in [4.69, 9.17) is 17.3 Å². The predicted molar refractivity (Wildman–Crippen MR) is 73.7 cm³/mol. The molecule has 0 saturated carbocycles. The maximum absolute atomic E-state index is 11.0. The summed E-state index contributed by atoms with van der Waals surface area (Å²) in [5.41, 5.74) is 7.55. The lowest BCUT2D eigenvalue weighted by atomic mass is 10.2. The Bertz CT molecular complexity index is 555. The quantitative estimate of drug-likeness (QED) is 0.888. The zero-order valence-electron chi connectivity index (χ0n) is 9.69. The summed E-state index contributed by atoms with van der Waals surface area (Å²) in [6, 6.07) is 15.1. The highest BCUT2D eigenvalue weighted by Crippen LogP contribution is 2.21. The summed E-state index contributed by atoms with van der Waals surface area (Å²) in [5, 5.41) is 3.59. The topological polar surface area (TPSA) is 55.1 Å². The molecule has 4 heteroatoms. The zero-order valence-corrected chi connectivity index (χ0v) is 10.4. The number of benzene rings is 2. The van der Waals surface area contributed by atoms with Crippen molar-refractivity contribution < 1.29 is 4.79 Å². The van der Waals surface area contributed by atoms with Gasteiger partial charge in [-0.3, -0.25) is 4.79 Å². The minimum Gasteiger partial charge on any atom is -0.381 e. The smallest absolute Gasteiger partial charge is 0.250 e. The molecule has 2 aromatic carbocycles. The molecule has 92 valence electrons. The number of rotatable bonds is 4. The second kappa shape index (κ2) is 5.56. The first kappa shape index (κ1) is 12.5. The maximum Gasteiger partial charge on any atom is 0.250 e. The molecule has 0 unspecified atom stereocenters. The lowest BCUT2D eigenvalue weighted by Crippen LogP contribution is -2.11. The van der Waals surface area contributed by atoms with E-state index in [9.17, 15) is 4.79 Å². The Morgan fingerprint density at radius 1 is 1.17 bits per heavy atom. The van der Waals surface area contributed by atoms with E-state index in [1.807, 2.05) is 30.3 Å². The van der Waals surface area contributed by atoms with E-state index < -0.39 is 5.91 Å². The molecule has 0 spiro atoms. The van der Waals surface area contributed by atoms with Crippen LogP contribution in [0.1, 0.15) is 15.9 Å². The van der Waals surface area contributed by atoms with E-state index in [0.29, 0.717) is 17.1 Å². The minimum atomic E-state index is -0.519. The highest BCUT2D eigenvalue weighted by molar-refractivity contribution is 6.34. The normalized spacial score (nSPS) is 10.1. The zero-order chi connectivity index (χ0) is 13.0. The standard InChI is InChI=1S/C14H13ClN2O/c15-13-8-11(6-7-12(13)14(16)18)17-9-10-4-2-1-3-5-10/h1-8,17H,9H2,(H2,16,18). The van der Waals surface area contributed by atoms with Gasteiger partial charge in [0.2, 0.25) is 5.91 Å². The maximum atomic E-state index is 11.0. The molecular formula is C14H13ClN2O. The first-order chi connectivity index (χ1) is 8.66. The molecule has 0 aromatic heterocycles. The fraction of sp³-hybridized carbons (Fsp3) is 0.0714. The van der Waals surface area contributed by atoms with Gasteiger partial charge >= 0.3 is 0 Å². The molecule has 0 atom stereocenters. The lowest BCUT2D eigenvalue weighted by Gasteiger charge is -2.08. The fourth-order valence-electron chi connectivity index (χ4n) is 1.62. The van der Waals surface area contributed by atoms with E-state index in [0.717, 1.165) is 5.69 Å². The fourth-order valence-corrected chi connectivity index (χ4v) is 1.90. The summed E-state index contributed by atoms with van der Waals surface area (Å²) >= 11 is 5.97. The van der Waals surface area contributed by atoms with Crippen molar-refractivity contribution in [3.8, 4) is 0 Å². The van der Waals surface area contributed by atoms with Crippen LogP contribution in [0.15, 0.2) is 48.5 Å². The van der Waals surface area contributed by atoms with Crippen LogP contribution in [0.25, 0.3) is 0 Å². The molecule has 18 heavy (non-hydrogen) atoms. The summed E-state index contributed by atoms with van der Waals surface area (Å²) in [7, 11) is 0. The molecule has 0 radical (unpaired) electrons. The van der Waals surface area contributed by atoms with Gasteiger partial charge in [0.25, 0.3) is 0 Å². The number of anilines is 1. The summed E-state index contributed by atoms with van der Waals surface area (Å²) in [6.07, 6.45) is 0. The van der Waals surface area contributed by atoms with Crippen LogP contribution in [-0.4, -0.2) is 5.91 Å². The van der Waals surface area contributed by atoms with Crippen molar-refractivity contribution in [3.05, 3.63) is 64.7 Å². The van der Waals surface area contributed by atoms with Crippen LogP contribution in [0.4, 0.5) is 5.69 Å². The Hall–Kier alpha value is -2.00. The van der Waals surface area contributed by atoms with E-state index >= 15 is 0 Å². The number of amides is 1. The Balaban J connectivity index is 2.07. The van der Waals surface area contributed by atoms with Gasteiger partial charge in [0.1, 0.15) is 0 Å². The van der Waals surface area contributed by atoms with Crippen molar-refractivity contribution in [1.82, 2.24) is 0 Å². The number of primary amides is 1. The van der Waals surface area contributed by atoms with E-state index in [1.165, 1.54) is 5.56 Å². The first-order valence-corrected chi connectivity index (χ1v) is 5.92. The van der Waals surface area contributed by atoms with Crippen molar-refractivity contribution in [2.45, 2.75) is 6.54 Å². The summed E-state index contributed by atoms with van der Waals surface area (Å²) in [6.45, 7) is 0.701. The number of carbonyl (C=O) groups excluding carboxylic acids is 1. The minimum absolute atomic E-state index is 0.335. The van der Waals surface area contributed by atoms with Gasteiger partial charge in [0.15, 0.2) is 0 Å². The number of halogens is 1. The SMILES string of the molecule is NC(=O)c1ccc(NCc2ccccc2)cc1Cl. The molecule has 0 aliphatic carbocycles. The number of nitrogens with two attached hydrogens (primary N) is 1. The predicted octanol–water partition coefficient (Wildman–Crippen LogP) is 3.05. The van der Waals surface area contributed by atoms with Gasteiger partial charge in [0, 0.05) is 12.2 Å². The second-order valence-corrected chi connectivity index (χ2v) is 4.31. The molecule has 3 nitrogen and oxygen atoms in total. The van der Waals surface area contributed by atoms with E-state index in [1.54, 1.807) is 18.2 Å². The van der Waals surface area contributed by atoms with Crippen molar-refractivity contribution >= 4 is 23.2 Å². The molecule has 0 saturated heterocycles. The van der Waals surface area contributed by atoms with E-state index in [2.05, 4.69) is 5.32 Å². The third-order valence-corrected chi connectivity index (χ3v) is 2.89. The average molecular weight is 261 g/mol. The third-order valence-electron chi connectivity index (χ3n) is 2.57. The molecule has 0 aliphatic heterocycles. The monoisotopic (exact) mass is 260 g/mol. The lowest BCUT2D eigenvalue weighted by molar-refractivity contribution is 0.100. The average Bonchev–Trinajstić information content (AvgIpc) is 2.37. The van der Waals surface area contributed by atoms with Crippen LogP contribution in [-0.2, 0) is 6.54 Å². The largest absolute Gasteiger partial charge is 0.381 e. The van der Waals surface area contributed by atoms with Gasteiger partial charge in [-0.1, -0.05) is 41.9 Å². The van der Waals surface area contributed by atoms with Crippen molar-refractivity contribution in [3.63, 3.8) is 0 Å². The Kier molecular flexibility index (Phi) is 3.85. The Morgan fingerprint density at radius 2 is 1.89 bits per heavy atom. The third kappa shape index (κ3) is 3.02. The van der Waals surface area contributed by atoms with Crippen LogP contribution in [0.5, 0.6) is 0 Å². The Labute approximate surface area is 111 Å². The molecule has 2 aromatic rings. The molecule has 0 bridgehead atoms.